The Labute approximate surface area is 115 Å². The van der Waals surface area contributed by atoms with Crippen molar-refractivity contribution in [3.8, 4) is 5.75 Å². The zero-order valence-corrected chi connectivity index (χ0v) is 10.8. The molecule has 3 nitrogen and oxygen atoms in total. The van der Waals surface area contributed by atoms with Crippen LogP contribution in [0.3, 0.4) is 0 Å². The molecule has 6 heteroatoms. The Kier molecular flexibility index (Phi) is 3.38. The van der Waals surface area contributed by atoms with Gasteiger partial charge in [0.05, 0.1) is 6.10 Å². The van der Waals surface area contributed by atoms with Crippen molar-refractivity contribution in [1.82, 2.24) is 4.90 Å². The summed E-state index contributed by atoms with van der Waals surface area (Å²) in [6, 6.07) is 6.22. The summed E-state index contributed by atoms with van der Waals surface area (Å²) in [6.07, 6.45) is -4.11. The minimum Gasteiger partial charge on any atom is -0.405 e. The molecule has 1 saturated heterocycles. The number of benzene rings is 1. The first-order valence-corrected chi connectivity index (χ1v) is 6.66. The Hall–Kier alpha value is -1.27. The number of nitrogens with zero attached hydrogens (tertiary/aromatic N) is 1. The lowest BCUT2D eigenvalue weighted by atomic mass is 9.74. The second kappa shape index (κ2) is 4.93. The molecular formula is C14H16F3NO2. The van der Waals surface area contributed by atoms with Crippen molar-refractivity contribution < 1.29 is 23.0 Å². The largest absolute Gasteiger partial charge is 0.573 e. The van der Waals surface area contributed by atoms with Crippen molar-refractivity contribution in [3.63, 3.8) is 0 Å². The van der Waals surface area contributed by atoms with E-state index < -0.39 is 6.36 Å². The van der Waals surface area contributed by atoms with E-state index in [1.807, 2.05) is 0 Å². The van der Waals surface area contributed by atoms with Gasteiger partial charge in [0.1, 0.15) is 5.75 Å². The molecule has 1 aromatic carbocycles. The number of fused-ring (bicyclic) bond motifs is 1. The summed E-state index contributed by atoms with van der Waals surface area (Å²) in [6.45, 7) is 2.00. The molecule has 3 rings (SSSR count). The van der Waals surface area contributed by atoms with Crippen LogP contribution in [0, 0.1) is 11.8 Å². The molecular weight excluding hydrogens is 271 g/mol. The van der Waals surface area contributed by atoms with Crippen LogP contribution in [-0.4, -0.2) is 35.6 Å². The summed E-state index contributed by atoms with van der Waals surface area (Å²) in [7, 11) is 0. The van der Waals surface area contributed by atoms with Crippen LogP contribution >= 0.6 is 0 Å². The molecule has 0 bridgehead atoms. The third kappa shape index (κ3) is 2.76. The van der Waals surface area contributed by atoms with Crippen LogP contribution < -0.4 is 4.74 Å². The van der Waals surface area contributed by atoms with Crippen LogP contribution in [-0.2, 0) is 6.54 Å². The summed E-state index contributed by atoms with van der Waals surface area (Å²) in [5.41, 5.74) is 0.528. The molecule has 0 radical (unpaired) electrons. The van der Waals surface area contributed by atoms with E-state index in [1.165, 1.54) is 12.1 Å². The Morgan fingerprint density at radius 2 is 2.00 bits per heavy atom. The number of aliphatic hydroxyl groups is 1. The van der Waals surface area contributed by atoms with Crippen molar-refractivity contribution in [2.45, 2.75) is 25.4 Å². The molecule has 1 heterocycles. The normalized spacial score (nSPS) is 29.9. The fraction of sp³-hybridized carbons (Fsp3) is 0.571. The number of hydrogen-bond acceptors (Lipinski definition) is 3. The van der Waals surface area contributed by atoms with E-state index in [4.69, 9.17) is 0 Å². The highest BCUT2D eigenvalue weighted by molar-refractivity contribution is 5.33. The highest BCUT2D eigenvalue weighted by Crippen LogP contribution is 2.41. The van der Waals surface area contributed by atoms with Crippen molar-refractivity contribution in [2.24, 2.45) is 11.8 Å². The molecule has 0 unspecified atom stereocenters. The van der Waals surface area contributed by atoms with Crippen LogP contribution in [0.1, 0.15) is 12.0 Å². The lowest BCUT2D eigenvalue weighted by Crippen LogP contribution is -2.39. The maximum absolute atomic E-state index is 12.4. The van der Waals surface area contributed by atoms with Crippen LogP contribution in [0.5, 0.6) is 5.75 Å². The first kappa shape index (κ1) is 13.7. The summed E-state index contributed by atoms with van der Waals surface area (Å²) < 4.78 is 41.1. The number of halogens is 3. The van der Waals surface area contributed by atoms with E-state index in [0.717, 1.165) is 19.5 Å². The topological polar surface area (TPSA) is 32.7 Å². The van der Waals surface area contributed by atoms with Gasteiger partial charge in [-0.15, -0.1) is 13.2 Å². The van der Waals surface area contributed by atoms with Gasteiger partial charge in [0.15, 0.2) is 0 Å². The van der Waals surface area contributed by atoms with Gasteiger partial charge in [-0.25, -0.2) is 0 Å². The second-order valence-corrected chi connectivity index (χ2v) is 5.58. The molecule has 1 aromatic rings. The summed E-state index contributed by atoms with van der Waals surface area (Å²) in [4.78, 5) is 2.09. The van der Waals surface area contributed by atoms with Crippen molar-refractivity contribution >= 4 is 0 Å². The maximum atomic E-state index is 12.4. The van der Waals surface area contributed by atoms with Gasteiger partial charge in [-0.1, -0.05) is 18.2 Å². The SMILES string of the molecule is O[C@@H]1C[C@@H]2CN(Cc3ccccc3OC(F)(F)F)C[C@@H]21. The van der Waals surface area contributed by atoms with E-state index in [1.54, 1.807) is 12.1 Å². The molecule has 2 fully saturated rings. The Morgan fingerprint density at radius 1 is 1.25 bits per heavy atom. The number of alkyl halides is 3. The summed E-state index contributed by atoms with van der Waals surface area (Å²) >= 11 is 0. The molecule has 1 N–H and O–H groups in total. The van der Waals surface area contributed by atoms with Gasteiger partial charge in [0, 0.05) is 31.1 Å². The molecule has 0 amide bonds. The average Bonchev–Trinajstić information content (AvgIpc) is 2.67. The first-order valence-electron chi connectivity index (χ1n) is 6.66. The molecule has 3 atom stereocenters. The predicted octanol–water partition coefficient (Wildman–Crippen LogP) is 2.40. The Bertz CT molecular complexity index is 492. The summed E-state index contributed by atoms with van der Waals surface area (Å²) in [5.74, 6) is 0.631. The van der Waals surface area contributed by atoms with Gasteiger partial charge in [-0.05, 0) is 18.4 Å². The lowest BCUT2D eigenvalue weighted by Gasteiger charge is -2.35. The van der Waals surface area contributed by atoms with E-state index in [9.17, 15) is 18.3 Å². The van der Waals surface area contributed by atoms with Gasteiger partial charge in [0.25, 0.3) is 0 Å². The van der Waals surface area contributed by atoms with E-state index in [2.05, 4.69) is 9.64 Å². The molecule has 1 aliphatic carbocycles. The smallest absolute Gasteiger partial charge is 0.405 e. The average molecular weight is 287 g/mol. The molecule has 0 spiro atoms. The van der Waals surface area contributed by atoms with Crippen LogP contribution in [0.4, 0.5) is 13.2 Å². The quantitative estimate of drug-likeness (QED) is 0.926. The number of rotatable bonds is 3. The van der Waals surface area contributed by atoms with E-state index in [-0.39, 0.29) is 17.8 Å². The molecule has 110 valence electrons. The lowest BCUT2D eigenvalue weighted by molar-refractivity contribution is -0.275. The van der Waals surface area contributed by atoms with Gasteiger partial charge >= 0.3 is 6.36 Å². The van der Waals surface area contributed by atoms with Crippen molar-refractivity contribution in [1.29, 1.82) is 0 Å². The zero-order valence-electron chi connectivity index (χ0n) is 10.8. The maximum Gasteiger partial charge on any atom is 0.573 e. The van der Waals surface area contributed by atoms with Crippen molar-refractivity contribution in [3.05, 3.63) is 29.8 Å². The third-order valence-electron chi connectivity index (χ3n) is 4.20. The fourth-order valence-electron chi connectivity index (χ4n) is 3.19. The fourth-order valence-corrected chi connectivity index (χ4v) is 3.19. The van der Waals surface area contributed by atoms with E-state index >= 15 is 0 Å². The van der Waals surface area contributed by atoms with Crippen LogP contribution in [0.25, 0.3) is 0 Å². The van der Waals surface area contributed by atoms with Crippen molar-refractivity contribution in [2.75, 3.05) is 13.1 Å². The number of likely N-dealkylation sites (tertiary alicyclic amines) is 1. The molecule has 2 aliphatic rings. The monoisotopic (exact) mass is 287 g/mol. The minimum absolute atomic E-state index is 0.139. The van der Waals surface area contributed by atoms with Gasteiger partial charge in [0.2, 0.25) is 0 Å². The van der Waals surface area contributed by atoms with Gasteiger partial charge < -0.3 is 9.84 Å². The standard InChI is InChI=1S/C14H16F3NO2/c15-14(16,17)20-13-4-2-1-3-9(13)6-18-7-10-5-12(19)11(10)8-18/h1-4,10-12,19H,5-8H2/t10-,11+,12-/m1/s1. The highest BCUT2D eigenvalue weighted by atomic mass is 19.4. The number of ether oxygens (including phenoxy) is 1. The molecule has 0 aromatic heterocycles. The van der Waals surface area contributed by atoms with Gasteiger partial charge in [-0.2, -0.15) is 0 Å². The Balaban J connectivity index is 1.68. The number of para-hydroxylation sites is 1. The molecule has 20 heavy (non-hydrogen) atoms. The van der Waals surface area contributed by atoms with E-state index in [0.29, 0.717) is 18.0 Å². The predicted molar refractivity (Wildman–Crippen MR) is 66.0 cm³/mol. The Morgan fingerprint density at radius 3 is 2.65 bits per heavy atom. The van der Waals surface area contributed by atoms with Gasteiger partial charge in [-0.3, -0.25) is 4.90 Å². The highest BCUT2D eigenvalue weighted by Gasteiger charge is 2.46. The number of hydrogen-bond donors (Lipinski definition) is 1. The van der Waals surface area contributed by atoms with Crippen LogP contribution in [0.2, 0.25) is 0 Å². The number of aliphatic hydroxyl groups excluding tert-OH is 1. The summed E-state index contributed by atoms with van der Waals surface area (Å²) in [5, 5.41) is 9.61. The molecule has 1 aliphatic heterocycles. The van der Waals surface area contributed by atoms with Crippen LogP contribution in [0.15, 0.2) is 24.3 Å². The second-order valence-electron chi connectivity index (χ2n) is 5.58. The molecule has 1 saturated carbocycles. The minimum atomic E-state index is -4.67. The zero-order chi connectivity index (χ0) is 14.3. The first-order chi connectivity index (χ1) is 9.42. The third-order valence-corrected chi connectivity index (χ3v) is 4.20.